The average molecular weight is 256 g/mol. The molecule has 4 nitrogen and oxygen atoms in total. The first-order chi connectivity index (χ1) is 8.54. The molecule has 106 valence electrons. The predicted molar refractivity (Wildman–Crippen MR) is 72.7 cm³/mol. The summed E-state index contributed by atoms with van der Waals surface area (Å²) < 4.78 is 11.2. The second kappa shape index (κ2) is 5.45. The van der Waals surface area contributed by atoms with Gasteiger partial charge in [-0.15, -0.1) is 0 Å². The summed E-state index contributed by atoms with van der Waals surface area (Å²) in [6.07, 6.45) is 4.99. The Bertz CT molecular complexity index is 283. The molecule has 1 aliphatic heterocycles. The highest BCUT2D eigenvalue weighted by molar-refractivity contribution is 5.03. The van der Waals surface area contributed by atoms with Crippen LogP contribution in [-0.4, -0.2) is 55.5 Å². The van der Waals surface area contributed by atoms with Crippen LogP contribution in [-0.2, 0) is 9.47 Å². The molecule has 0 aromatic heterocycles. The lowest BCUT2D eigenvalue weighted by molar-refractivity contribution is -0.128. The van der Waals surface area contributed by atoms with Crippen LogP contribution in [0.15, 0.2) is 0 Å². The fourth-order valence-corrected chi connectivity index (χ4v) is 3.77. The smallest absolute Gasteiger partial charge is 0.0645 e. The second-order valence-electron chi connectivity index (χ2n) is 6.40. The van der Waals surface area contributed by atoms with Gasteiger partial charge in [0.1, 0.15) is 0 Å². The van der Waals surface area contributed by atoms with Crippen LogP contribution in [0.2, 0.25) is 0 Å². The van der Waals surface area contributed by atoms with Crippen molar-refractivity contribution in [3.8, 4) is 0 Å². The molecule has 0 spiro atoms. The van der Waals surface area contributed by atoms with Crippen molar-refractivity contribution in [1.82, 2.24) is 4.90 Å². The average Bonchev–Trinajstić information content (AvgIpc) is 2.38. The number of methoxy groups -OCH3 is 1. The third-order valence-electron chi connectivity index (χ3n) is 4.71. The van der Waals surface area contributed by atoms with Gasteiger partial charge in [0, 0.05) is 31.3 Å². The van der Waals surface area contributed by atoms with Gasteiger partial charge >= 0.3 is 0 Å². The van der Waals surface area contributed by atoms with Gasteiger partial charge in [0.05, 0.1) is 19.3 Å². The van der Waals surface area contributed by atoms with Crippen molar-refractivity contribution >= 4 is 0 Å². The van der Waals surface area contributed by atoms with Crippen LogP contribution in [0.5, 0.6) is 0 Å². The molecule has 2 N–H and O–H groups in total. The van der Waals surface area contributed by atoms with Crippen molar-refractivity contribution in [2.75, 3.05) is 33.4 Å². The summed E-state index contributed by atoms with van der Waals surface area (Å²) in [4.78, 5) is 2.59. The van der Waals surface area contributed by atoms with E-state index in [1.54, 1.807) is 0 Å². The van der Waals surface area contributed by atoms with Crippen LogP contribution in [0.4, 0.5) is 0 Å². The van der Waals surface area contributed by atoms with Gasteiger partial charge in [-0.2, -0.15) is 0 Å². The van der Waals surface area contributed by atoms with Gasteiger partial charge in [-0.1, -0.05) is 0 Å². The molecule has 0 bridgehead atoms. The van der Waals surface area contributed by atoms with E-state index in [2.05, 4.69) is 18.7 Å². The molecule has 1 aliphatic carbocycles. The highest BCUT2D eigenvalue weighted by Gasteiger charge is 2.47. The molecule has 2 fully saturated rings. The Morgan fingerprint density at radius 1 is 1.44 bits per heavy atom. The summed E-state index contributed by atoms with van der Waals surface area (Å²) in [6, 6.07) is 0. The van der Waals surface area contributed by atoms with Crippen LogP contribution in [0.25, 0.3) is 0 Å². The fourth-order valence-electron chi connectivity index (χ4n) is 3.77. The Kier molecular flexibility index (Phi) is 4.32. The highest BCUT2D eigenvalue weighted by Crippen LogP contribution is 2.39. The van der Waals surface area contributed by atoms with E-state index in [0.29, 0.717) is 6.10 Å². The van der Waals surface area contributed by atoms with Gasteiger partial charge < -0.3 is 15.2 Å². The van der Waals surface area contributed by atoms with Crippen molar-refractivity contribution < 1.29 is 9.47 Å². The van der Waals surface area contributed by atoms with Crippen LogP contribution < -0.4 is 5.73 Å². The van der Waals surface area contributed by atoms with Crippen molar-refractivity contribution in [3.63, 3.8) is 0 Å². The normalized spacial score (nSPS) is 37.7. The first-order valence-electron chi connectivity index (χ1n) is 7.12. The number of hydrogen-bond acceptors (Lipinski definition) is 4. The molecule has 0 amide bonds. The number of hydrogen-bond donors (Lipinski definition) is 1. The second-order valence-corrected chi connectivity index (χ2v) is 6.40. The lowest BCUT2D eigenvalue weighted by Crippen LogP contribution is -2.67. The number of nitrogens with zero attached hydrogens (tertiary/aromatic N) is 1. The SMILES string of the molecule is COC1CCCC(CN)(N2CCOCC2(C)C)C1. The van der Waals surface area contributed by atoms with Gasteiger partial charge in [-0.3, -0.25) is 4.90 Å². The number of ether oxygens (including phenoxy) is 2. The van der Waals surface area contributed by atoms with E-state index in [1.165, 1.54) is 19.3 Å². The summed E-state index contributed by atoms with van der Waals surface area (Å²) in [5.41, 5.74) is 6.35. The minimum Gasteiger partial charge on any atom is -0.381 e. The zero-order valence-corrected chi connectivity index (χ0v) is 12.1. The van der Waals surface area contributed by atoms with E-state index < -0.39 is 0 Å². The number of morpholine rings is 1. The van der Waals surface area contributed by atoms with E-state index in [1.807, 2.05) is 7.11 Å². The Hall–Kier alpha value is -0.160. The molecule has 18 heavy (non-hydrogen) atoms. The molecule has 2 rings (SSSR count). The van der Waals surface area contributed by atoms with Crippen LogP contribution in [0.1, 0.15) is 39.5 Å². The Labute approximate surface area is 111 Å². The van der Waals surface area contributed by atoms with Gasteiger partial charge in [-0.05, 0) is 39.5 Å². The molecule has 0 radical (unpaired) electrons. The molecule has 2 aliphatic rings. The summed E-state index contributed by atoms with van der Waals surface area (Å²) in [7, 11) is 1.82. The van der Waals surface area contributed by atoms with Crippen molar-refractivity contribution in [3.05, 3.63) is 0 Å². The topological polar surface area (TPSA) is 47.7 Å². The van der Waals surface area contributed by atoms with Crippen LogP contribution in [0.3, 0.4) is 0 Å². The Balaban J connectivity index is 2.19. The molecule has 2 atom stereocenters. The summed E-state index contributed by atoms with van der Waals surface area (Å²) in [6.45, 7) is 7.85. The maximum absolute atomic E-state index is 6.17. The quantitative estimate of drug-likeness (QED) is 0.829. The van der Waals surface area contributed by atoms with Crippen LogP contribution >= 0.6 is 0 Å². The minimum absolute atomic E-state index is 0.0766. The van der Waals surface area contributed by atoms with Crippen LogP contribution in [0, 0.1) is 0 Å². The number of nitrogens with two attached hydrogens (primary N) is 1. The van der Waals surface area contributed by atoms with Crippen molar-refractivity contribution in [2.24, 2.45) is 5.73 Å². The third-order valence-corrected chi connectivity index (χ3v) is 4.71. The first kappa shape index (κ1) is 14.3. The molecule has 4 heteroatoms. The molecular formula is C14H28N2O2. The van der Waals surface area contributed by atoms with E-state index in [4.69, 9.17) is 15.2 Å². The van der Waals surface area contributed by atoms with Gasteiger partial charge in [0.15, 0.2) is 0 Å². The molecule has 1 saturated heterocycles. The van der Waals surface area contributed by atoms with Gasteiger partial charge in [0.2, 0.25) is 0 Å². The van der Waals surface area contributed by atoms with Gasteiger partial charge in [0.25, 0.3) is 0 Å². The monoisotopic (exact) mass is 256 g/mol. The largest absolute Gasteiger partial charge is 0.381 e. The molecule has 0 aromatic carbocycles. The summed E-state index contributed by atoms with van der Waals surface area (Å²) in [5, 5.41) is 0. The fraction of sp³-hybridized carbons (Fsp3) is 1.00. The highest BCUT2D eigenvalue weighted by atomic mass is 16.5. The molecule has 1 saturated carbocycles. The van der Waals surface area contributed by atoms with E-state index in [0.717, 1.165) is 32.7 Å². The zero-order chi connectivity index (χ0) is 13.2. The molecular weight excluding hydrogens is 228 g/mol. The standard InChI is InChI=1S/C14H28N2O2/c1-13(2)11-18-8-7-16(13)14(10-15)6-4-5-12(9-14)17-3/h12H,4-11,15H2,1-3H3. The van der Waals surface area contributed by atoms with E-state index in [9.17, 15) is 0 Å². The van der Waals surface area contributed by atoms with Crippen molar-refractivity contribution in [1.29, 1.82) is 0 Å². The lowest BCUT2D eigenvalue weighted by Gasteiger charge is -2.56. The molecule has 1 heterocycles. The minimum atomic E-state index is 0.0766. The Morgan fingerprint density at radius 3 is 2.83 bits per heavy atom. The van der Waals surface area contributed by atoms with Crippen molar-refractivity contribution in [2.45, 2.75) is 56.7 Å². The van der Waals surface area contributed by atoms with E-state index in [-0.39, 0.29) is 11.1 Å². The maximum Gasteiger partial charge on any atom is 0.0645 e. The van der Waals surface area contributed by atoms with Gasteiger partial charge in [-0.25, -0.2) is 0 Å². The maximum atomic E-state index is 6.17. The Morgan fingerprint density at radius 2 is 2.22 bits per heavy atom. The number of rotatable bonds is 3. The van der Waals surface area contributed by atoms with E-state index >= 15 is 0 Å². The third kappa shape index (κ3) is 2.57. The molecule has 0 aromatic rings. The predicted octanol–water partition coefficient (Wildman–Crippen LogP) is 1.38. The molecule has 2 unspecified atom stereocenters. The summed E-state index contributed by atoms with van der Waals surface area (Å²) in [5.74, 6) is 0. The first-order valence-corrected chi connectivity index (χ1v) is 7.12. The summed E-state index contributed by atoms with van der Waals surface area (Å²) >= 11 is 0. The lowest BCUT2D eigenvalue weighted by atomic mass is 9.76. The zero-order valence-electron chi connectivity index (χ0n) is 12.1.